The number of aromatic nitrogens is 1. The fraction of sp³-hybridized carbons (Fsp3) is 0.400. The van der Waals surface area contributed by atoms with Crippen LogP contribution in [0.2, 0.25) is 0 Å². The molecule has 1 aliphatic rings. The van der Waals surface area contributed by atoms with Gasteiger partial charge < -0.3 is 5.32 Å². The first-order valence-electron chi connectivity index (χ1n) is 8.67. The van der Waals surface area contributed by atoms with Crippen molar-refractivity contribution in [3.63, 3.8) is 0 Å². The molecular formula is C20H25N3O. The van der Waals surface area contributed by atoms with Crippen molar-refractivity contribution in [3.05, 3.63) is 65.5 Å². The summed E-state index contributed by atoms with van der Waals surface area (Å²) in [6.07, 6.45) is 2.05. The molecule has 1 aromatic carbocycles. The van der Waals surface area contributed by atoms with Gasteiger partial charge >= 0.3 is 0 Å². The molecule has 1 N–H and O–H groups in total. The minimum atomic E-state index is 0.0762. The Morgan fingerprint density at radius 3 is 2.83 bits per heavy atom. The largest absolute Gasteiger partial charge is 0.350 e. The van der Waals surface area contributed by atoms with Crippen molar-refractivity contribution >= 4 is 5.91 Å². The summed E-state index contributed by atoms with van der Waals surface area (Å²) in [6.45, 7) is 5.30. The summed E-state index contributed by atoms with van der Waals surface area (Å²) in [5.74, 6) is 0.225. The number of carbonyl (C=O) groups is 1. The van der Waals surface area contributed by atoms with Crippen molar-refractivity contribution in [3.8, 4) is 0 Å². The molecule has 1 saturated heterocycles. The lowest BCUT2D eigenvalue weighted by Gasteiger charge is -2.32. The summed E-state index contributed by atoms with van der Waals surface area (Å²) in [7, 11) is 0. The van der Waals surface area contributed by atoms with Crippen LogP contribution in [-0.4, -0.2) is 28.9 Å². The summed E-state index contributed by atoms with van der Waals surface area (Å²) in [4.78, 5) is 19.3. The van der Waals surface area contributed by atoms with Crippen molar-refractivity contribution in [1.29, 1.82) is 0 Å². The maximum absolute atomic E-state index is 12.5. The number of carbonyl (C=O) groups excluding carboxylic acids is 1. The average molecular weight is 323 g/mol. The van der Waals surface area contributed by atoms with E-state index in [1.165, 1.54) is 5.56 Å². The molecule has 2 aromatic rings. The Morgan fingerprint density at radius 1 is 1.21 bits per heavy atom. The van der Waals surface area contributed by atoms with E-state index in [1.54, 1.807) is 0 Å². The highest BCUT2D eigenvalue weighted by Gasteiger charge is 2.25. The Morgan fingerprint density at radius 2 is 2.04 bits per heavy atom. The number of nitrogens with one attached hydrogen (secondary N) is 1. The van der Waals surface area contributed by atoms with Crippen LogP contribution in [0.25, 0.3) is 0 Å². The maximum Gasteiger partial charge on any atom is 0.224 e. The van der Waals surface area contributed by atoms with E-state index < -0.39 is 0 Å². The van der Waals surface area contributed by atoms with Crippen LogP contribution in [0.5, 0.6) is 0 Å². The van der Waals surface area contributed by atoms with Gasteiger partial charge in [-0.3, -0.25) is 14.7 Å². The van der Waals surface area contributed by atoms with Crippen molar-refractivity contribution in [2.24, 2.45) is 5.92 Å². The Balaban J connectivity index is 1.51. The Kier molecular flexibility index (Phi) is 5.59. The van der Waals surface area contributed by atoms with Crippen LogP contribution >= 0.6 is 0 Å². The van der Waals surface area contributed by atoms with Crippen LogP contribution in [-0.2, 0) is 17.9 Å². The fourth-order valence-corrected chi connectivity index (χ4v) is 3.27. The highest BCUT2D eigenvalue weighted by atomic mass is 16.1. The molecule has 1 fully saturated rings. The molecule has 0 radical (unpaired) electrons. The Bertz CT molecular complexity index is 672. The molecule has 0 saturated carbocycles. The smallest absolute Gasteiger partial charge is 0.224 e. The van der Waals surface area contributed by atoms with E-state index in [4.69, 9.17) is 0 Å². The van der Waals surface area contributed by atoms with Gasteiger partial charge in [0.1, 0.15) is 0 Å². The van der Waals surface area contributed by atoms with Crippen LogP contribution in [0.4, 0.5) is 0 Å². The zero-order valence-electron chi connectivity index (χ0n) is 14.2. The van der Waals surface area contributed by atoms with Crippen molar-refractivity contribution in [1.82, 2.24) is 15.2 Å². The predicted octanol–water partition coefficient (Wildman–Crippen LogP) is 2.92. The minimum Gasteiger partial charge on any atom is -0.350 e. The van der Waals surface area contributed by atoms with E-state index in [1.807, 2.05) is 31.2 Å². The first kappa shape index (κ1) is 16.7. The van der Waals surface area contributed by atoms with Gasteiger partial charge in [-0.05, 0) is 44.0 Å². The summed E-state index contributed by atoms with van der Waals surface area (Å²) >= 11 is 0. The van der Waals surface area contributed by atoms with Crippen molar-refractivity contribution in [2.75, 3.05) is 13.1 Å². The van der Waals surface area contributed by atoms with E-state index >= 15 is 0 Å². The van der Waals surface area contributed by atoms with E-state index in [-0.39, 0.29) is 11.8 Å². The number of benzene rings is 1. The maximum atomic E-state index is 12.5. The highest BCUT2D eigenvalue weighted by Crippen LogP contribution is 2.19. The van der Waals surface area contributed by atoms with Crippen molar-refractivity contribution in [2.45, 2.75) is 32.9 Å². The first-order chi connectivity index (χ1) is 11.7. The van der Waals surface area contributed by atoms with E-state index in [9.17, 15) is 4.79 Å². The molecule has 0 spiro atoms. The molecular weight excluding hydrogens is 298 g/mol. The van der Waals surface area contributed by atoms with E-state index in [2.05, 4.69) is 39.5 Å². The molecule has 3 rings (SSSR count). The zero-order chi connectivity index (χ0) is 16.8. The SMILES string of the molecule is Cc1cccc(CNC(=O)[C@H]2CCCN(Cc3ccccc3)C2)n1. The lowest BCUT2D eigenvalue weighted by atomic mass is 9.96. The van der Waals surface area contributed by atoms with Crippen LogP contribution in [0.3, 0.4) is 0 Å². The minimum absolute atomic E-state index is 0.0762. The molecule has 0 bridgehead atoms. The molecule has 24 heavy (non-hydrogen) atoms. The number of piperidine rings is 1. The predicted molar refractivity (Wildman–Crippen MR) is 95.3 cm³/mol. The van der Waals surface area contributed by atoms with Crippen LogP contribution < -0.4 is 5.32 Å². The molecule has 1 amide bonds. The molecule has 1 atom stereocenters. The molecule has 0 unspecified atom stereocenters. The number of amides is 1. The van der Waals surface area contributed by atoms with Crippen molar-refractivity contribution < 1.29 is 4.79 Å². The lowest BCUT2D eigenvalue weighted by Crippen LogP contribution is -2.42. The van der Waals surface area contributed by atoms with Gasteiger partial charge in [0.05, 0.1) is 18.2 Å². The number of hydrogen-bond donors (Lipinski definition) is 1. The third-order valence-corrected chi connectivity index (χ3v) is 4.52. The standard InChI is InChI=1S/C20H25N3O/c1-16-7-5-11-19(22-16)13-21-20(24)18-10-6-12-23(15-18)14-17-8-3-2-4-9-17/h2-5,7-9,11,18H,6,10,12-15H2,1H3,(H,21,24)/t18-/m0/s1. The van der Waals surface area contributed by atoms with Gasteiger partial charge in [0, 0.05) is 18.8 Å². The van der Waals surface area contributed by atoms with E-state index in [0.29, 0.717) is 6.54 Å². The topological polar surface area (TPSA) is 45.2 Å². The highest BCUT2D eigenvalue weighted by molar-refractivity contribution is 5.78. The van der Waals surface area contributed by atoms with Gasteiger partial charge in [-0.25, -0.2) is 0 Å². The quantitative estimate of drug-likeness (QED) is 0.920. The van der Waals surface area contributed by atoms with Gasteiger partial charge in [0.15, 0.2) is 0 Å². The Hall–Kier alpha value is -2.20. The van der Waals surface area contributed by atoms with Gasteiger partial charge in [0.2, 0.25) is 5.91 Å². The van der Waals surface area contributed by atoms with Crippen LogP contribution in [0.1, 0.15) is 29.8 Å². The molecule has 1 aromatic heterocycles. The van der Waals surface area contributed by atoms with E-state index in [0.717, 1.165) is 43.9 Å². The van der Waals surface area contributed by atoms with Crippen LogP contribution in [0.15, 0.2) is 48.5 Å². The second-order valence-electron chi connectivity index (χ2n) is 6.55. The molecule has 4 heteroatoms. The number of rotatable bonds is 5. The molecule has 0 aliphatic carbocycles. The second-order valence-corrected chi connectivity index (χ2v) is 6.55. The normalized spacial score (nSPS) is 18.3. The molecule has 126 valence electrons. The van der Waals surface area contributed by atoms with Gasteiger partial charge in [-0.15, -0.1) is 0 Å². The van der Waals surface area contributed by atoms with Gasteiger partial charge in [-0.2, -0.15) is 0 Å². The number of nitrogens with zero attached hydrogens (tertiary/aromatic N) is 2. The van der Waals surface area contributed by atoms with Crippen LogP contribution in [0, 0.1) is 12.8 Å². The summed E-state index contributed by atoms with van der Waals surface area (Å²) < 4.78 is 0. The number of pyridine rings is 1. The molecule has 4 nitrogen and oxygen atoms in total. The summed E-state index contributed by atoms with van der Waals surface area (Å²) in [5, 5.41) is 3.05. The summed E-state index contributed by atoms with van der Waals surface area (Å²) in [6, 6.07) is 16.4. The first-order valence-corrected chi connectivity index (χ1v) is 8.67. The number of aryl methyl sites for hydroxylation is 1. The molecule has 1 aliphatic heterocycles. The number of hydrogen-bond acceptors (Lipinski definition) is 3. The fourth-order valence-electron chi connectivity index (χ4n) is 3.27. The third kappa shape index (κ3) is 4.65. The monoisotopic (exact) mass is 323 g/mol. The van der Waals surface area contributed by atoms with Gasteiger partial charge in [-0.1, -0.05) is 36.4 Å². The zero-order valence-corrected chi connectivity index (χ0v) is 14.2. The number of likely N-dealkylation sites (tertiary alicyclic amines) is 1. The lowest BCUT2D eigenvalue weighted by molar-refractivity contribution is -0.127. The second kappa shape index (κ2) is 8.06. The van der Waals surface area contributed by atoms with Gasteiger partial charge in [0.25, 0.3) is 0 Å². The molecule has 2 heterocycles. The summed E-state index contributed by atoms with van der Waals surface area (Å²) in [5.41, 5.74) is 3.20. The average Bonchev–Trinajstić information content (AvgIpc) is 2.61. The third-order valence-electron chi connectivity index (χ3n) is 4.52. The Labute approximate surface area is 143 Å².